The van der Waals surface area contributed by atoms with Crippen LogP contribution in [0.5, 0.6) is 0 Å². The largest absolute Gasteiger partial charge is 0.207 e. The summed E-state index contributed by atoms with van der Waals surface area (Å²) in [5.74, 6) is 1.10. The Bertz CT molecular complexity index is 407. The van der Waals surface area contributed by atoms with Gasteiger partial charge in [0.2, 0.25) is 0 Å². The Morgan fingerprint density at radius 2 is 2.17 bits per heavy atom. The van der Waals surface area contributed by atoms with E-state index in [0.29, 0.717) is 5.92 Å². The maximum Gasteiger partial charge on any atom is 0.123 e. The van der Waals surface area contributed by atoms with Crippen molar-refractivity contribution in [2.45, 2.75) is 44.4 Å². The zero-order valence-corrected chi connectivity index (χ0v) is 13.0. The van der Waals surface area contributed by atoms with E-state index in [1.165, 1.54) is 25.3 Å². The van der Waals surface area contributed by atoms with Gasteiger partial charge in [0.05, 0.1) is 0 Å². The van der Waals surface area contributed by atoms with Gasteiger partial charge in [-0.15, -0.1) is 11.6 Å². The fourth-order valence-electron chi connectivity index (χ4n) is 2.89. The molecule has 0 nitrogen and oxygen atoms in total. The lowest BCUT2D eigenvalue weighted by Gasteiger charge is -2.32. The first-order chi connectivity index (χ1) is 8.60. The number of rotatable bonds is 3. The third-order valence-electron chi connectivity index (χ3n) is 4.07. The topological polar surface area (TPSA) is 0 Å². The molecule has 0 aromatic heterocycles. The first kappa shape index (κ1) is 14.3. The van der Waals surface area contributed by atoms with Crippen LogP contribution in [-0.4, -0.2) is 5.38 Å². The third kappa shape index (κ3) is 3.48. The summed E-state index contributed by atoms with van der Waals surface area (Å²) in [7, 11) is 0. The second-order valence-corrected chi connectivity index (χ2v) is 6.72. The van der Waals surface area contributed by atoms with E-state index in [1.807, 2.05) is 0 Å². The molecule has 3 unspecified atom stereocenters. The van der Waals surface area contributed by atoms with Crippen molar-refractivity contribution in [3.8, 4) is 0 Å². The number of hydrogen-bond donors (Lipinski definition) is 0. The van der Waals surface area contributed by atoms with Gasteiger partial charge in [0.1, 0.15) is 5.82 Å². The first-order valence-electron chi connectivity index (χ1n) is 6.68. The average molecular weight is 334 g/mol. The minimum atomic E-state index is -0.165. The maximum atomic E-state index is 13.3. The molecule has 0 radical (unpaired) electrons. The SMILES string of the molecule is CCC1CCC(Cl)C(Cc2cc(F)ccc2Br)C1. The standard InChI is InChI=1S/C15H19BrClF/c1-2-10-3-6-15(17)12(7-10)8-11-9-13(18)4-5-14(11)16/h4-5,9-10,12,15H,2-3,6-8H2,1H3. The third-order valence-corrected chi connectivity index (χ3v) is 5.41. The number of alkyl halides is 1. The zero-order valence-electron chi connectivity index (χ0n) is 10.6. The van der Waals surface area contributed by atoms with Gasteiger partial charge in [-0.1, -0.05) is 29.3 Å². The maximum absolute atomic E-state index is 13.3. The van der Waals surface area contributed by atoms with E-state index in [1.54, 1.807) is 12.1 Å². The van der Waals surface area contributed by atoms with E-state index in [9.17, 15) is 4.39 Å². The Hall–Kier alpha value is -0.0800. The molecule has 3 atom stereocenters. The average Bonchev–Trinajstić information content (AvgIpc) is 2.36. The summed E-state index contributed by atoms with van der Waals surface area (Å²) >= 11 is 9.94. The zero-order chi connectivity index (χ0) is 13.1. The van der Waals surface area contributed by atoms with Crippen LogP contribution in [-0.2, 0) is 6.42 Å². The lowest BCUT2D eigenvalue weighted by molar-refractivity contribution is 0.264. The molecular formula is C15H19BrClF. The predicted molar refractivity (Wildman–Crippen MR) is 78.6 cm³/mol. The van der Waals surface area contributed by atoms with E-state index in [2.05, 4.69) is 22.9 Å². The van der Waals surface area contributed by atoms with E-state index in [4.69, 9.17) is 11.6 Å². The lowest BCUT2D eigenvalue weighted by Crippen LogP contribution is -2.27. The number of benzene rings is 1. The molecular weight excluding hydrogens is 315 g/mol. The van der Waals surface area contributed by atoms with Gasteiger partial charge in [0.25, 0.3) is 0 Å². The number of halogens is 3. The number of hydrogen-bond acceptors (Lipinski definition) is 0. The highest BCUT2D eigenvalue weighted by atomic mass is 79.9. The summed E-state index contributed by atoms with van der Waals surface area (Å²) < 4.78 is 14.3. The normalized spacial score (nSPS) is 28.3. The summed E-state index contributed by atoms with van der Waals surface area (Å²) in [5.41, 5.74) is 1.04. The smallest absolute Gasteiger partial charge is 0.123 e. The summed E-state index contributed by atoms with van der Waals surface area (Å²) in [6.45, 7) is 2.24. The van der Waals surface area contributed by atoms with E-state index < -0.39 is 0 Å². The predicted octanol–water partition coefficient (Wildman–Crippen LogP) is 5.56. The van der Waals surface area contributed by atoms with Crippen molar-refractivity contribution in [2.24, 2.45) is 11.8 Å². The van der Waals surface area contributed by atoms with Crippen LogP contribution in [0.25, 0.3) is 0 Å². The highest BCUT2D eigenvalue weighted by Crippen LogP contribution is 2.37. The van der Waals surface area contributed by atoms with E-state index >= 15 is 0 Å². The van der Waals surface area contributed by atoms with Crippen molar-refractivity contribution in [3.63, 3.8) is 0 Å². The molecule has 1 aromatic carbocycles. The van der Waals surface area contributed by atoms with Gasteiger partial charge in [-0.2, -0.15) is 0 Å². The molecule has 0 amide bonds. The van der Waals surface area contributed by atoms with Crippen LogP contribution in [0.1, 0.15) is 38.2 Å². The van der Waals surface area contributed by atoms with Crippen molar-refractivity contribution in [2.75, 3.05) is 0 Å². The minimum Gasteiger partial charge on any atom is -0.207 e. The first-order valence-corrected chi connectivity index (χ1v) is 7.91. The fraction of sp³-hybridized carbons (Fsp3) is 0.600. The Balaban J connectivity index is 2.09. The fourth-order valence-corrected chi connectivity index (χ4v) is 3.61. The summed E-state index contributed by atoms with van der Waals surface area (Å²) in [4.78, 5) is 0. The molecule has 0 heterocycles. The van der Waals surface area contributed by atoms with Crippen LogP contribution in [0.2, 0.25) is 0 Å². The molecule has 0 spiro atoms. The van der Waals surface area contributed by atoms with Gasteiger partial charge in [-0.05, 0) is 61.3 Å². The summed E-state index contributed by atoms with van der Waals surface area (Å²) in [6.07, 6.45) is 5.62. The van der Waals surface area contributed by atoms with Gasteiger partial charge in [-0.25, -0.2) is 4.39 Å². The molecule has 18 heavy (non-hydrogen) atoms. The molecule has 0 saturated heterocycles. The molecule has 1 aliphatic rings. The van der Waals surface area contributed by atoms with Gasteiger partial charge < -0.3 is 0 Å². The van der Waals surface area contributed by atoms with Gasteiger partial charge in [0.15, 0.2) is 0 Å². The van der Waals surface area contributed by atoms with Crippen LogP contribution >= 0.6 is 27.5 Å². The molecule has 1 aliphatic carbocycles. The van der Waals surface area contributed by atoms with Crippen LogP contribution in [0.3, 0.4) is 0 Å². The molecule has 0 bridgehead atoms. The molecule has 0 N–H and O–H groups in total. The quantitative estimate of drug-likeness (QED) is 0.635. The van der Waals surface area contributed by atoms with Crippen molar-refractivity contribution in [1.82, 2.24) is 0 Å². The van der Waals surface area contributed by atoms with Crippen molar-refractivity contribution < 1.29 is 4.39 Å². The van der Waals surface area contributed by atoms with Gasteiger partial charge >= 0.3 is 0 Å². The molecule has 1 fully saturated rings. The lowest BCUT2D eigenvalue weighted by atomic mass is 9.77. The van der Waals surface area contributed by atoms with Crippen LogP contribution in [0.15, 0.2) is 22.7 Å². The monoisotopic (exact) mass is 332 g/mol. The highest BCUT2D eigenvalue weighted by Gasteiger charge is 2.28. The van der Waals surface area contributed by atoms with Crippen molar-refractivity contribution >= 4 is 27.5 Å². The van der Waals surface area contributed by atoms with Gasteiger partial charge in [-0.3, -0.25) is 0 Å². The molecule has 1 saturated carbocycles. The van der Waals surface area contributed by atoms with Crippen LogP contribution < -0.4 is 0 Å². The highest BCUT2D eigenvalue weighted by molar-refractivity contribution is 9.10. The Morgan fingerprint density at radius 1 is 1.39 bits per heavy atom. The molecule has 3 heteroatoms. The summed E-state index contributed by atoms with van der Waals surface area (Å²) in [5, 5.41) is 0.239. The second kappa shape index (κ2) is 6.38. The van der Waals surface area contributed by atoms with Crippen LogP contribution in [0.4, 0.5) is 4.39 Å². The Kier molecular flexibility index (Phi) is 5.08. The Labute approximate surface area is 122 Å². The molecule has 1 aromatic rings. The second-order valence-electron chi connectivity index (χ2n) is 5.30. The minimum absolute atomic E-state index is 0.165. The molecule has 100 valence electrons. The van der Waals surface area contributed by atoms with E-state index in [-0.39, 0.29) is 11.2 Å². The Morgan fingerprint density at radius 3 is 2.89 bits per heavy atom. The van der Waals surface area contributed by atoms with Crippen molar-refractivity contribution in [1.29, 1.82) is 0 Å². The molecule has 0 aliphatic heterocycles. The van der Waals surface area contributed by atoms with Crippen LogP contribution in [0, 0.1) is 17.7 Å². The molecule has 2 rings (SSSR count). The van der Waals surface area contributed by atoms with Crippen molar-refractivity contribution in [3.05, 3.63) is 34.1 Å². The van der Waals surface area contributed by atoms with E-state index in [0.717, 1.165) is 28.8 Å². The van der Waals surface area contributed by atoms with Gasteiger partial charge in [0, 0.05) is 9.85 Å². The summed E-state index contributed by atoms with van der Waals surface area (Å²) in [6, 6.07) is 4.90.